The predicted octanol–water partition coefficient (Wildman–Crippen LogP) is -1.09. The molecule has 110 valence electrons. The van der Waals surface area contributed by atoms with Gasteiger partial charge >= 0.3 is 5.97 Å². The van der Waals surface area contributed by atoms with Gasteiger partial charge in [-0.05, 0) is 19.4 Å². The molecular formula is C11H20N2O5S. The Labute approximate surface area is 113 Å². The molecule has 2 N–H and O–H groups in total. The van der Waals surface area contributed by atoms with Gasteiger partial charge in [0.15, 0.2) is 9.84 Å². The Morgan fingerprint density at radius 2 is 2.05 bits per heavy atom. The van der Waals surface area contributed by atoms with Crippen LogP contribution in [0.5, 0.6) is 0 Å². The number of primary amides is 1. The van der Waals surface area contributed by atoms with Gasteiger partial charge < -0.3 is 10.5 Å². The summed E-state index contributed by atoms with van der Waals surface area (Å²) in [5.74, 6) is -1.27. The van der Waals surface area contributed by atoms with Gasteiger partial charge in [0.25, 0.3) is 0 Å². The van der Waals surface area contributed by atoms with E-state index in [0.717, 1.165) is 6.42 Å². The number of ether oxygens (including phenoxy) is 1. The fourth-order valence-corrected chi connectivity index (χ4v) is 3.34. The zero-order valence-corrected chi connectivity index (χ0v) is 11.8. The van der Waals surface area contributed by atoms with E-state index >= 15 is 0 Å². The standard InChI is InChI=1S/C11H20N2O5S/c1-18-11(15)9-3-2-5-13(9)6-8-19(16,17)7-4-10(12)14/h9H,2-8H2,1H3,(H2,12,14). The first-order chi connectivity index (χ1) is 8.85. The second kappa shape index (κ2) is 6.85. The fraction of sp³-hybridized carbons (Fsp3) is 0.818. The summed E-state index contributed by atoms with van der Waals surface area (Å²) in [7, 11) is -1.99. The monoisotopic (exact) mass is 292 g/mol. The molecule has 1 aliphatic heterocycles. The average Bonchev–Trinajstić information content (AvgIpc) is 2.81. The minimum absolute atomic E-state index is 0.0756. The van der Waals surface area contributed by atoms with Gasteiger partial charge in [-0.3, -0.25) is 14.5 Å². The third-order valence-electron chi connectivity index (χ3n) is 3.19. The van der Waals surface area contributed by atoms with Crippen molar-refractivity contribution in [1.29, 1.82) is 0 Å². The SMILES string of the molecule is COC(=O)C1CCCN1CCS(=O)(=O)CCC(N)=O. The summed E-state index contributed by atoms with van der Waals surface area (Å²) in [6.45, 7) is 0.964. The highest BCUT2D eigenvalue weighted by Crippen LogP contribution is 2.18. The number of likely N-dealkylation sites (tertiary alicyclic amines) is 1. The predicted molar refractivity (Wildman–Crippen MR) is 69.1 cm³/mol. The number of rotatable bonds is 7. The molecule has 7 nitrogen and oxygen atoms in total. The van der Waals surface area contributed by atoms with Crippen LogP contribution in [0.1, 0.15) is 19.3 Å². The smallest absolute Gasteiger partial charge is 0.323 e. The first-order valence-electron chi connectivity index (χ1n) is 6.16. The fourth-order valence-electron chi connectivity index (χ4n) is 2.11. The van der Waals surface area contributed by atoms with E-state index in [9.17, 15) is 18.0 Å². The Kier molecular flexibility index (Phi) is 5.74. The molecule has 1 saturated heterocycles. The highest BCUT2D eigenvalue weighted by molar-refractivity contribution is 7.91. The second-order valence-electron chi connectivity index (χ2n) is 4.59. The normalized spacial score (nSPS) is 20.4. The Hall–Kier alpha value is -1.15. The van der Waals surface area contributed by atoms with Crippen LogP contribution in [0, 0.1) is 0 Å². The van der Waals surface area contributed by atoms with E-state index < -0.39 is 15.7 Å². The van der Waals surface area contributed by atoms with Gasteiger partial charge in [-0.2, -0.15) is 0 Å². The van der Waals surface area contributed by atoms with Crippen molar-refractivity contribution < 1.29 is 22.7 Å². The van der Waals surface area contributed by atoms with Gasteiger partial charge in [-0.1, -0.05) is 0 Å². The molecule has 1 aliphatic rings. The molecule has 1 fully saturated rings. The molecule has 0 spiro atoms. The van der Waals surface area contributed by atoms with Gasteiger partial charge in [0.2, 0.25) is 5.91 Å². The molecule has 0 saturated carbocycles. The van der Waals surface area contributed by atoms with E-state index in [0.29, 0.717) is 13.0 Å². The van der Waals surface area contributed by atoms with Crippen molar-refractivity contribution in [3.05, 3.63) is 0 Å². The van der Waals surface area contributed by atoms with Crippen LogP contribution in [-0.4, -0.2) is 62.9 Å². The van der Waals surface area contributed by atoms with Crippen molar-refractivity contribution in [2.45, 2.75) is 25.3 Å². The number of nitrogens with two attached hydrogens (primary N) is 1. The number of carbonyl (C=O) groups excluding carboxylic acids is 2. The van der Waals surface area contributed by atoms with Crippen molar-refractivity contribution >= 4 is 21.7 Å². The first kappa shape index (κ1) is 15.9. The molecule has 1 amide bonds. The molecule has 0 aromatic carbocycles. The second-order valence-corrected chi connectivity index (χ2v) is 6.89. The molecule has 1 rings (SSSR count). The van der Waals surface area contributed by atoms with E-state index in [1.807, 2.05) is 4.90 Å². The molecule has 0 aromatic heterocycles. The van der Waals surface area contributed by atoms with E-state index in [1.54, 1.807) is 0 Å². The van der Waals surface area contributed by atoms with E-state index in [4.69, 9.17) is 5.73 Å². The third-order valence-corrected chi connectivity index (χ3v) is 4.82. The maximum absolute atomic E-state index is 11.7. The van der Waals surface area contributed by atoms with Crippen LogP contribution in [0.25, 0.3) is 0 Å². The van der Waals surface area contributed by atoms with Gasteiger partial charge in [0.1, 0.15) is 6.04 Å². The molecule has 1 heterocycles. The number of carbonyl (C=O) groups is 2. The van der Waals surface area contributed by atoms with Crippen LogP contribution >= 0.6 is 0 Å². The lowest BCUT2D eigenvalue weighted by atomic mass is 10.2. The Morgan fingerprint density at radius 3 is 2.63 bits per heavy atom. The van der Waals surface area contributed by atoms with Crippen LogP contribution in [0.15, 0.2) is 0 Å². The van der Waals surface area contributed by atoms with Crippen molar-refractivity contribution in [1.82, 2.24) is 4.90 Å². The molecule has 8 heteroatoms. The Morgan fingerprint density at radius 1 is 1.37 bits per heavy atom. The zero-order chi connectivity index (χ0) is 14.5. The Balaban J connectivity index is 2.47. The molecule has 0 bridgehead atoms. The lowest BCUT2D eigenvalue weighted by Gasteiger charge is -2.21. The van der Waals surface area contributed by atoms with E-state index in [-0.39, 0.29) is 36.5 Å². The number of sulfone groups is 1. The first-order valence-corrected chi connectivity index (χ1v) is 7.98. The van der Waals surface area contributed by atoms with Crippen LogP contribution < -0.4 is 5.73 Å². The van der Waals surface area contributed by atoms with E-state index in [1.165, 1.54) is 7.11 Å². The van der Waals surface area contributed by atoms with Crippen molar-refractivity contribution in [3.8, 4) is 0 Å². The van der Waals surface area contributed by atoms with Crippen molar-refractivity contribution in [2.75, 3.05) is 31.7 Å². The van der Waals surface area contributed by atoms with Gasteiger partial charge in [-0.25, -0.2) is 8.42 Å². The van der Waals surface area contributed by atoms with E-state index in [2.05, 4.69) is 4.74 Å². The Bertz CT molecular complexity index is 434. The van der Waals surface area contributed by atoms with Crippen molar-refractivity contribution in [2.24, 2.45) is 5.73 Å². The van der Waals surface area contributed by atoms with Crippen LogP contribution in [-0.2, 0) is 24.2 Å². The summed E-state index contributed by atoms with van der Waals surface area (Å²) in [4.78, 5) is 23.9. The van der Waals surface area contributed by atoms with Gasteiger partial charge in [0, 0.05) is 13.0 Å². The maximum Gasteiger partial charge on any atom is 0.323 e. The molecule has 1 atom stereocenters. The molecule has 0 radical (unpaired) electrons. The van der Waals surface area contributed by atoms with Gasteiger partial charge in [-0.15, -0.1) is 0 Å². The summed E-state index contributed by atoms with van der Waals surface area (Å²) >= 11 is 0. The number of hydrogen-bond donors (Lipinski definition) is 1. The highest BCUT2D eigenvalue weighted by atomic mass is 32.2. The largest absolute Gasteiger partial charge is 0.468 e. The summed E-state index contributed by atoms with van der Waals surface area (Å²) in [5, 5.41) is 0. The number of amides is 1. The third kappa shape index (κ3) is 5.15. The number of hydrogen-bond acceptors (Lipinski definition) is 6. The number of methoxy groups -OCH3 is 1. The topological polar surface area (TPSA) is 107 Å². The summed E-state index contributed by atoms with van der Waals surface area (Å²) in [5.41, 5.74) is 4.92. The lowest BCUT2D eigenvalue weighted by Crippen LogP contribution is -2.39. The van der Waals surface area contributed by atoms with Crippen LogP contribution in [0.2, 0.25) is 0 Å². The molecule has 0 aliphatic carbocycles. The number of nitrogens with zero attached hydrogens (tertiary/aromatic N) is 1. The summed E-state index contributed by atoms with van der Waals surface area (Å²) < 4.78 is 28.1. The zero-order valence-electron chi connectivity index (χ0n) is 11.0. The highest BCUT2D eigenvalue weighted by Gasteiger charge is 2.31. The van der Waals surface area contributed by atoms with Crippen molar-refractivity contribution in [3.63, 3.8) is 0 Å². The summed E-state index contributed by atoms with van der Waals surface area (Å²) in [6, 6.07) is -0.351. The number of esters is 1. The maximum atomic E-state index is 11.7. The minimum atomic E-state index is -3.31. The molecule has 19 heavy (non-hydrogen) atoms. The molecular weight excluding hydrogens is 272 g/mol. The quantitative estimate of drug-likeness (QED) is 0.598. The minimum Gasteiger partial charge on any atom is -0.468 e. The molecule has 0 aromatic rings. The average molecular weight is 292 g/mol. The van der Waals surface area contributed by atoms with Gasteiger partial charge in [0.05, 0.1) is 18.6 Å². The summed E-state index contributed by atoms with van der Waals surface area (Å²) in [6.07, 6.45) is 1.37. The lowest BCUT2D eigenvalue weighted by molar-refractivity contribution is -0.145. The molecule has 1 unspecified atom stereocenters. The van der Waals surface area contributed by atoms with Crippen LogP contribution in [0.3, 0.4) is 0 Å². The van der Waals surface area contributed by atoms with Crippen LogP contribution in [0.4, 0.5) is 0 Å².